The van der Waals surface area contributed by atoms with E-state index in [9.17, 15) is 14.0 Å². The number of amides is 1. The first-order valence-electron chi connectivity index (χ1n) is 12.2. The third-order valence-corrected chi connectivity index (χ3v) is 6.75. The monoisotopic (exact) mass is 477 g/mol. The Kier molecular flexibility index (Phi) is 7.85. The van der Waals surface area contributed by atoms with Crippen molar-refractivity contribution in [3.8, 4) is 5.69 Å². The van der Waals surface area contributed by atoms with Gasteiger partial charge in [-0.15, -0.1) is 0 Å². The van der Waals surface area contributed by atoms with E-state index in [0.29, 0.717) is 17.2 Å². The van der Waals surface area contributed by atoms with Crippen molar-refractivity contribution in [3.63, 3.8) is 0 Å². The molecule has 7 heteroatoms. The van der Waals surface area contributed by atoms with E-state index in [1.165, 1.54) is 25.3 Å². The number of hydrogen-bond donors (Lipinski definition) is 3. The fourth-order valence-corrected chi connectivity index (χ4v) is 4.90. The number of para-hydroxylation sites is 1. The first-order chi connectivity index (χ1) is 16.9. The predicted octanol–water partition coefficient (Wildman–Crippen LogP) is 5.86. The number of carbonyl (C=O) groups excluding carboxylic acids is 1. The molecule has 1 aromatic heterocycles. The summed E-state index contributed by atoms with van der Waals surface area (Å²) in [6.07, 6.45) is 9.82. The number of aryl methyl sites for hydroxylation is 1. The Morgan fingerprint density at radius 1 is 1.06 bits per heavy atom. The molecule has 1 amide bonds. The molecular formula is C28H32FN3O3. The highest BCUT2D eigenvalue weighted by Gasteiger charge is 2.27. The minimum atomic E-state index is -0.947. The fraction of sp³-hybridized carbons (Fsp3) is 0.357. The highest BCUT2D eigenvalue weighted by Crippen LogP contribution is 2.38. The summed E-state index contributed by atoms with van der Waals surface area (Å²) in [6.45, 7) is 2.16. The number of aliphatic carboxylic acids is 1. The van der Waals surface area contributed by atoms with E-state index >= 15 is 0 Å². The molecule has 35 heavy (non-hydrogen) atoms. The summed E-state index contributed by atoms with van der Waals surface area (Å²) in [5.41, 5.74) is 4.17. The summed E-state index contributed by atoms with van der Waals surface area (Å²) in [5.74, 6) is -1.04. The molecule has 184 valence electrons. The molecule has 1 heterocycles. The molecule has 1 saturated carbocycles. The molecule has 2 aromatic carbocycles. The second-order valence-corrected chi connectivity index (χ2v) is 9.25. The van der Waals surface area contributed by atoms with Gasteiger partial charge in [-0.1, -0.05) is 31.4 Å². The number of halogens is 1. The molecule has 0 radical (unpaired) electrons. The van der Waals surface area contributed by atoms with E-state index in [4.69, 9.17) is 5.11 Å². The number of benzene rings is 2. The van der Waals surface area contributed by atoms with Crippen molar-refractivity contribution in [2.24, 2.45) is 5.92 Å². The minimum absolute atomic E-state index is 0.0681. The van der Waals surface area contributed by atoms with Gasteiger partial charge in [0.2, 0.25) is 0 Å². The van der Waals surface area contributed by atoms with Gasteiger partial charge in [-0.2, -0.15) is 0 Å². The lowest BCUT2D eigenvalue weighted by Gasteiger charge is -2.32. The minimum Gasteiger partial charge on any atom is -0.481 e. The van der Waals surface area contributed by atoms with E-state index < -0.39 is 5.97 Å². The molecule has 0 bridgehead atoms. The lowest BCUT2D eigenvalue weighted by atomic mass is 9.81. The molecule has 1 unspecified atom stereocenters. The maximum Gasteiger partial charge on any atom is 0.305 e. The van der Waals surface area contributed by atoms with Gasteiger partial charge in [-0.3, -0.25) is 9.59 Å². The van der Waals surface area contributed by atoms with E-state index in [2.05, 4.69) is 17.6 Å². The Bertz CT molecular complexity index is 1170. The molecule has 1 aliphatic carbocycles. The molecule has 3 aromatic rings. The smallest absolute Gasteiger partial charge is 0.305 e. The molecule has 1 atom stereocenters. The molecular weight excluding hydrogens is 445 g/mol. The standard InChI is InChI=1S/C28H32FN3O3/c1-19-17-32(25-10-6-5-9-24(25)29)18-23(19)27(20-7-3-2-4-8-20)31-22-13-11-21(12-14-22)28(35)30-16-15-26(33)34/h5-6,9-14,17-18,20,27,31H,2-4,7-8,15-16H2,1H3,(H,30,35)(H,33,34). The summed E-state index contributed by atoms with van der Waals surface area (Å²) in [6, 6.07) is 14.1. The van der Waals surface area contributed by atoms with Crippen LogP contribution >= 0.6 is 0 Å². The average Bonchev–Trinajstić information content (AvgIpc) is 3.24. The quantitative estimate of drug-likeness (QED) is 0.360. The Labute approximate surface area is 205 Å². The van der Waals surface area contributed by atoms with Crippen molar-refractivity contribution in [2.45, 2.75) is 51.5 Å². The molecule has 1 aliphatic rings. The van der Waals surface area contributed by atoms with Crippen LogP contribution in [0.1, 0.15) is 66.1 Å². The van der Waals surface area contributed by atoms with Gasteiger partial charge in [-0.25, -0.2) is 4.39 Å². The fourth-order valence-electron chi connectivity index (χ4n) is 4.90. The third kappa shape index (κ3) is 6.10. The zero-order valence-corrected chi connectivity index (χ0v) is 20.0. The molecule has 0 spiro atoms. The lowest BCUT2D eigenvalue weighted by molar-refractivity contribution is -0.136. The summed E-state index contributed by atoms with van der Waals surface area (Å²) < 4.78 is 16.3. The van der Waals surface area contributed by atoms with Crippen LogP contribution in [-0.4, -0.2) is 28.1 Å². The zero-order valence-electron chi connectivity index (χ0n) is 20.0. The molecule has 0 aliphatic heterocycles. The molecule has 3 N–H and O–H groups in total. The Morgan fingerprint density at radius 3 is 2.46 bits per heavy atom. The van der Waals surface area contributed by atoms with Gasteiger partial charge in [0.05, 0.1) is 18.2 Å². The summed E-state index contributed by atoms with van der Waals surface area (Å²) in [4.78, 5) is 22.9. The second kappa shape index (κ2) is 11.2. The first-order valence-corrected chi connectivity index (χ1v) is 12.2. The number of carboxylic acids is 1. The van der Waals surface area contributed by atoms with Crippen LogP contribution in [-0.2, 0) is 4.79 Å². The molecule has 6 nitrogen and oxygen atoms in total. The number of carbonyl (C=O) groups is 2. The van der Waals surface area contributed by atoms with E-state index in [-0.39, 0.29) is 30.7 Å². The van der Waals surface area contributed by atoms with Crippen molar-refractivity contribution >= 4 is 17.6 Å². The maximum atomic E-state index is 14.4. The van der Waals surface area contributed by atoms with Crippen molar-refractivity contribution in [1.82, 2.24) is 9.88 Å². The van der Waals surface area contributed by atoms with E-state index in [1.807, 2.05) is 35.2 Å². The molecule has 4 rings (SSSR count). The molecule has 0 saturated heterocycles. The van der Waals surface area contributed by atoms with Gasteiger partial charge in [-0.05, 0) is 73.2 Å². The molecule has 1 fully saturated rings. The van der Waals surface area contributed by atoms with Gasteiger partial charge in [0.1, 0.15) is 5.82 Å². The van der Waals surface area contributed by atoms with Crippen LogP contribution in [0.2, 0.25) is 0 Å². The van der Waals surface area contributed by atoms with Crippen LogP contribution in [0.15, 0.2) is 60.9 Å². The summed E-state index contributed by atoms with van der Waals surface area (Å²) in [5, 5.41) is 15.1. The van der Waals surface area contributed by atoms with Gasteiger partial charge in [0.25, 0.3) is 5.91 Å². The number of anilines is 1. The van der Waals surface area contributed by atoms with Gasteiger partial charge < -0.3 is 20.3 Å². The third-order valence-electron chi connectivity index (χ3n) is 6.75. The SMILES string of the molecule is Cc1cn(-c2ccccc2F)cc1C(Nc1ccc(C(=O)NCCC(=O)O)cc1)C1CCCCC1. The van der Waals surface area contributed by atoms with Gasteiger partial charge in [0.15, 0.2) is 0 Å². The first kappa shape index (κ1) is 24.5. The normalized spacial score (nSPS) is 14.9. The summed E-state index contributed by atoms with van der Waals surface area (Å²) in [7, 11) is 0. The van der Waals surface area contributed by atoms with Gasteiger partial charge in [0, 0.05) is 30.2 Å². The van der Waals surface area contributed by atoms with E-state index in [0.717, 1.165) is 29.7 Å². The van der Waals surface area contributed by atoms with Gasteiger partial charge >= 0.3 is 5.97 Å². The van der Waals surface area contributed by atoms with E-state index in [1.54, 1.807) is 24.3 Å². The van der Waals surface area contributed by atoms with Crippen LogP contribution in [0.25, 0.3) is 5.69 Å². The topological polar surface area (TPSA) is 83.4 Å². The highest BCUT2D eigenvalue weighted by molar-refractivity contribution is 5.94. The Hall–Kier alpha value is -3.61. The van der Waals surface area contributed by atoms with Crippen LogP contribution in [0.5, 0.6) is 0 Å². The number of carboxylic acid groups (broad SMARTS) is 1. The maximum absolute atomic E-state index is 14.4. The second-order valence-electron chi connectivity index (χ2n) is 9.25. The highest BCUT2D eigenvalue weighted by atomic mass is 19.1. The summed E-state index contributed by atoms with van der Waals surface area (Å²) >= 11 is 0. The van der Waals surface area contributed by atoms with Crippen LogP contribution in [0.4, 0.5) is 10.1 Å². The predicted molar refractivity (Wildman–Crippen MR) is 134 cm³/mol. The Morgan fingerprint density at radius 2 is 1.77 bits per heavy atom. The number of aromatic nitrogens is 1. The van der Waals surface area contributed by atoms with Crippen molar-refractivity contribution in [1.29, 1.82) is 0 Å². The van der Waals surface area contributed by atoms with Crippen LogP contribution in [0.3, 0.4) is 0 Å². The van der Waals surface area contributed by atoms with Crippen molar-refractivity contribution in [2.75, 3.05) is 11.9 Å². The van der Waals surface area contributed by atoms with Crippen molar-refractivity contribution in [3.05, 3.63) is 83.4 Å². The largest absolute Gasteiger partial charge is 0.481 e. The number of hydrogen-bond acceptors (Lipinski definition) is 3. The number of nitrogens with zero attached hydrogens (tertiary/aromatic N) is 1. The zero-order chi connectivity index (χ0) is 24.8. The Balaban J connectivity index is 1.55. The number of rotatable bonds is 9. The van der Waals surface area contributed by atoms with Crippen LogP contribution < -0.4 is 10.6 Å². The van der Waals surface area contributed by atoms with Crippen LogP contribution in [0, 0.1) is 18.7 Å². The van der Waals surface area contributed by atoms with Crippen molar-refractivity contribution < 1.29 is 19.1 Å². The number of nitrogens with one attached hydrogen (secondary N) is 2. The average molecular weight is 478 g/mol. The lowest BCUT2D eigenvalue weighted by Crippen LogP contribution is -2.26.